The number of hydrogen-bond acceptors (Lipinski definition) is 5. The van der Waals surface area contributed by atoms with Gasteiger partial charge in [-0.25, -0.2) is 13.1 Å². The topological polar surface area (TPSA) is 75.4 Å². The molecule has 1 aromatic rings. The van der Waals surface area contributed by atoms with Gasteiger partial charge in [0.15, 0.2) is 0 Å². The number of nitrogens with zero attached hydrogens (tertiary/aromatic N) is 1. The van der Waals surface area contributed by atoms with Crippen LogP contribution in [0.3, 0.4) is 0 Å². The fourth-order valence-electron chi connectivity index (χ4n) is 2.29. The van der Waals surface area contributed by atoms with Crippen molar-refractivity contribution in [2.75, 3.05) is 20.6 Å². The minimum Gasteiger partial charge on any atom is -0.326 e. The lowest BCUT2D eigenvalue weighted by atomic mass is 9.76. The highest BCUT2D eigenvalue weighted by molar-refractivity contribution is 7.89. The van der Waals surface area contributed by atoms with E-state index in [1.165, 1.54) is 11.3 Å². The zero-order valence-corrected chi connectivity index (χ0v) is 13.0. The fourth-order valence-corrected chi connectivity index (χ4v) is 4.56. The van der Waals surface area contributed by atoms with E-state index in [9.17, 15) is 8.42 Å². The first-order valence-electron chi connectivity index (χ1n) is 6.34. The third-order valence-corrected chi connectivity index (χ3v) is 6.45. The second-order valence-electron chi connectivity index (χ2n) is 5.25. The van der Waals surface area contributed by atoms with Crippen LogP contribution in [0.1, 0.15) is 24.1 Å². The maximum Gasteiger partial charge on any atom is 0.241 e. The Balaban J connectivity index is 2.05. The van der Waals surface area contributed by atoms with Crippen molar-refractivity contribution in [3.8, 4) is 0 Å². The molecular formula is C12H21N3O2S2. The molecule has 1 heterocycles. The molecule has 0 bridgehead atoms. The van der Waals surface area contributed by atoms with Crippen molar-refractivity contribution in [1.82, 2.24) is 9.62 Å². The van der Waals surface area contributed by atoms with E-state index in [1.54, 1.807) is 11.4 Å². The quantitative estimate of drug-likeness (QED) is 0.821. The van der Waals surface area contributed by atoms with Gasteiger partial charge in [-0.1, -0.05) is 0 Å². The van der Waals surface area contributed by atoms with Gasteiger partial charge in [-0.3, -0.25) is 0 Å². The lowest BCUT2D eigenvalue weighted by molar-refractivity contribution is 0.0657. The van der Waals surface area contributed by atoms with E-state index in [1.807, 2.05) is 14.1 Å². The lowest BCUT2D eigenvalue weighted by Gasteiger charge is -2.47. The Morgan fingerprint density at radius 1 is 1.47 bits per heavy atom. The number of thiophene rings is 1. The first-order valence-corrected chi connectivity index (χ1v) is 8.70. The second-order valence-corrected chi connectivity index (χ2v) is 8.01. The number of rotatable bonds is 6. The monoisotopic (exact) mass is 303 g/mol. The Hall–Kier alpha value is -0.470. The number of hydrogen-bond donors (Lipinski definition) is 2. The summed E-state index contributed by atoms with van der Waals surface area (Å²) in [5.74, 6) is 0. The average molecular weight is 303 g/mol. The molecule has 19 heavy (non-hydrogen) atoms. The summed E-state index contributed by atoms with van der Waals surface area (Å²) in [4.78, 5) is 3.33. The molecule has 0 spiro atoms. The standard InChI is InChI=1S/C12H21N3O2S2/c1-15(2)12(4-3-5-12)9-14-19(16,17)11-6-10(7-13)18-8-11/h6,8,14H,3-5,7,9,13H2,1-2H3. The van der Waals surface area contributed by atoms with E-state index >= 15 is 0 Å². The molecule has 0 aliphatic heterocycles. The van der Waals surface area contributed by atoms with E-state index in [2.05, 4.69) is 9.62 Å². The molecule has 0 aromatic carbocycles. The SMILES string of the molecule is CN(C)C1(CNS(=O)(=O)c2csc(CN)c2)CCC1. The summed E-state index contributed by atoms with van der Waals surface area (Å²) < 4.78 is 27.1. The third kappa shape index (κ3) is 3.00. The van der Waals surface area contributed by atoms with Gasteiger partial charge in [-0.05, 0) is 39.4 Å². The maximum atomic E-state index is 12.2. The zero-order valence-electron chi connectivity index (χ0n) is 11.3. The van der Waals surface area contributed by atoms with E-state index < -0.39 is 10.0 Å². The average Bonchev–Trinajstić information content (AvgIpc) is 2.76. The van der Waals surface area contributed by atoms with Crippen molar-refractivity contribution in [3.05, 3.63) is 16.3 Å². The summed E-state index contributed by atoms with van der Waals surface area (Å²) >= 11 is 1.38. The van der Waals surface area contributed by atoms with Gasteiger partial charge in [-0.2, -0.15) is 0 Å². The molecule has 1 fully saturated rings. The summed E-state index contributed by atoms with van der Waals surface area (Å²) in [6.45, 7) is 0.845. The third-order valence-electron chi connectivity index (χ3n) is 3.97. The van der Waals surface area contributed by atoms with Gasteiger partial charge in [0.1, 0.15) is 0 Å². The highest BCUT2D eigenvalue weighted by atomic mass is 32.2. The molecule has 0 unspecified atom stereocenters. The van der Waals surface area contributed by atoms with Crippen molar-refractivity contribution in [2.24, 2.45) is 5.73 Å². The highest BCUT2D eigenvalue weighted by Crippen LogP contribution is 2.35. The molecule has 7 heteroatoms. The van der Waals surface area contributed by atoms with Crippen molar-refractivity contribution in [1.29, 1.82) is 0 Å². The Morgan fingerprint density at radius 2 is 2.16 bits per heavy atom. The predicted octanol–water partition coefficient (Wildman–Crippen LogP) is 0.969. The number of nitrogens with two attached hydrogens (primary N) is 1. The number of nitrogens with one attached hydrogen (secondary N) is 1. The minimum atomic E-state index is -3.41. The summed E-state index contributed by atoms with van der Waals surface area (Å²) in [5, 5.41) is 1.65. The Morgan fingerprint density at radius 3 is 2.58 bits per heavy atom. The minimum absolute atomic E-state index is 0.0141. The van der Waals surface area contributed by atoms with Gasteiger partial charge < -0.3 is 10.6 Å². The van der Waals surface area contributed by atoms with Crippen LogP contribution in [-0.2, 0) is 16.6 Å². The smallest absolute Gasteiger partial charge is 0.241 e. The predicted molar refractivity (Wildman–Crippen MR) is 77.7 cm³/mol. The zero-order chi connectivity index (χ0) is 14.1. The van der Waals surface area contributed by atoms with Crippen LogP contribution in [0.5, 0.6) is 0 Å². The van der Waals surface area contributed by atoms with Crippen LogP contribution in [0, 0.1) is 0 Å². The Labute approximate surface area is 118 Å². The van der Waals surface area contributed by atoms with Crippen molar-refractivity contribution in [3.63, 3.8) is 0 Å². The number of likely N-dealkylation sites (N-methyl/N-ethyl adjacent to an activating group) is 1. The molecule has 2 rings (SSSR count). The second kappa shape index (κ2) is 5.49. The van der Waals surface area contributed by atoms with Gasteiger partial charge >= 0.3 is 0 Å². The van der Waals surface area contributed by atoms with Gasteiger partial charge in [0.2, 0.25) is 10.0 Å². The summed E-state index contributed by atoms with van der Waals surface area (Å²) in [7, 11) is 0.595. The van der Waals surface area contributed by atoms with Crippen molar-refractivity contribution < 1.29 is 8.42 Å². The van der Waals surface area contributed by atoms with Crippen LogP contribution in [0.2, 0.25) is 0 Å². The van der Waals surface area contributed by atoms with Gasteiger partial charge in [0, 0.05) is 28.9 Å². The van der Waals surface area contributed by atoms with Crippen LogP contribution in [0.15, 0.2) is 16.3 Å². The lowest BCUT2D eigenvalue weighted by Crippen LogP contribution is -2.57. The Bertz CT molecular complexity index is 533. The molecule has 0 saturated heterocycles. The summed E-state index contributed by atoms with van der Waals surface area (Å²) in [5.41, 5.74) is 5.49. The first-order chi connectivity index (χ1) is 8.89. The first kappa shape index (κ1) is 14.9. The van der Waals surface area contributed by atoms with Gasteiger partial charge in [0.25, 0.3) is 0 Å². The molecular weight excluding hydrogens is 282 g/mol. The van der Waals surface area contributed by atoms with Crippen LogP contribution in [0.25, 0.3) is 0 Å². The van der Waals surface area contributed by atoms with Crippen LogP contribution in [-0.4, -0.2) is 39.5 Å². The van der Waals surface area contributed by atoms with E-state index in [4.69, 9.17) is 5.73 Å². The van der Waals surface area contributed by atoms with E-state index in [0.29, 0.717) is 18.0 Å². The van der Waals surface area contributed by atoms with Gasteiger partial charge in [-0.15, -0.1) is 11.3 Å². The molecule has 108 valence electrons. The molecule has 1 aliphatic carbocycles. The normalized spacial score (nSPS) is 18.5. The molecule has 0 atom stereocenters. The van der Waals surface area contributed by atoms with E-state index in [-0.39, 0.29) is 5.54 Å². The fraction of sp³-hybridized carbons (Fsp3) is 0.667. The summed E-state index contributed by atoms with van der Waals surface area (Å²) in [6, 6.07) is 1.65. The molecule has 5 nitrogen and oxygen atoms in total. The molecule has 1 saturated carbocycles. The maximum absolute atomic E-state index is 12.2. The van der Waals surface area contributed by atoms with E-state index in [0.717, 1.165) is 24.1 Å². The highest BCUT2D eigenvalue weighted by Gasteiger charge is 2.39. The molecule has 1 aliphatic rings. The summed E-state index contributed by atoms with van der Waals surface area (Å²) in [6.07, 6.45) is 3.25. The van der Waals surface area contributed by atoms with Gasteiger partial charge in [0.05, 0.1) is 4.90 Å². The van der Waals surface area contributed by atoms with Crippen LogP contribution in [0.4, 0.5) is 0 Å². The largest absolute Gasteiger partial charge is 0.326 e. The molecule has 3 N–H and O–H groups in total. The molecule has 0 amide bonds. The van der Waals surface area contributed by atoms with Crippen molar-refractivity contribution in [2.45, 2.75) is 36.2 Å². The molecule has 0 radical (unpaired) electrons. The van der Waals surface area contributed by atoms with Crippen molar-refractivity contribution >= 4 is 21.4 Å². The number of sulfonamides is 1. The van der Waals surface area contributed by atoms with Crippen LogP contribution >= 0.6 is 11.3 Å². The Kier molecular flexibility index (Phi) is 4.32. The van der Waals surface area contributed by atoms with Crippen LogP contribution < -0.4 is 10.5 Å². The molecule has 1 aromatic heterocycles.